The second-order valence-corrected chi connectivity index (χ2v) is 5.64. The fraction of sp³-hybridized carbons (Fsp3) is 0.467. The number of carbonyl (C=O) groups excluding carboxylic acids is 1. The van der Waals surface area contributed by atoms with Crippen molar-refractivity contribution in [3.63, 3.8) is 0 Å². The lowest BCUT2D eigenvalue weighted by Gasteiger charge is -2.15. The molecule has 0 fully saturated rings. The lowest BCUT2D eigenvalue weighted by molar-refractivity contribution is -0.139. The van der Waals surface area contributed by atoms with Gasteiger partial charge in [-0.3, -0.25) is 4.79 Å². The number of carboxylic acid groups (broad SMARTS) is 1. The van der Waals surface area contributed by atoms with Crippen LogP contribution in [0.15, 0.2) is 24.3 Å². The van der Waals surface area contributed by atoms with Crippen molar-refractivity contribution in [2.24, 2.45) is 0 Å². The van der Waals surface area contributed by atoms with Crippen LogP contribution in [0.3, 0.4) is 0 Å². The third-order valence-electron chi connectivity index (χ3n) is 3.12. The molecule has 0 radical (unpaired) electrons. The number of likely N-dealkylation sites (N-methyl/N-ethyl adjacent to an activating group) is 1. The molecule has 0 heterocycles. The molecule has 1 aromatic carbocycles. The molecule has 1 rings (SSSR count). The van der Waals surface area contributed by atoms with E-state index in [4.69, 9.17) is 0 Å². The van der Waals surface area contributed by atoms with Crippen LogP contribution in [0.25, 0.3) is 0 Å². The van der Waals surface area contributed by atoms with Crippen molar-refractivity contribution in [2.75, 3.05) is 25.6 Å². The molecule has 21 heavy (non-hydrogen) atoms. The van der Waals surface area contributed by atoms with Crippen LogP contribution in [0, 0.1) is 0 Å². The van der Waals surface area contributed by atoms with E-state index in [1.165, 1.54) is 0 Å². The average molecular weight is 310 g/mol. The first-order valence-electron chi connectivity index (χ1n) is 6.85. The fourth-order valence-electron chi connectivity index (χ4n) is 1.95. The third kappa shape index (κ3) is 5.77. The largest absolute Gasteiger partial charge is 0.480 e. The van der Waals surface area contributed by atoms with Gasteiger partial charge in [-0.1, -0.05) is 18.2 Å². The van der Waals surface area contributed by atoms with Gasteiger partial charge in [0.15, 0.2) is 0 Å². The zero-order chi connectivity index (χ0) is 15.7. The van der Waals surface area contributed by atoms with E-state index in [0.29, 0.717) is 17.7 Å². The highest BCUT2D eigenvalue weighted by molar-refractivity contribution is 7.98. The molecule has 116 valence electrons. The number of amides is 1. The van der Waals surface area contributed by atoms with Crippen molar-refractivity contribution in [1.82, 2.24) is 10.6 Å². The average Bonchev–Trinajstić information content (AvgIpc) is 2.49. The van der Waals surface area contributed by atoms with Crippen LogP contribution in [-0.4, -0.2) is 48.6 Å². The summed E-state index contributed by atoms with van der Waals surface area (Å²) < 4.78 is 0. The van der Waals surface area contributed by atoms with Crippen LogP contribution >= 0.6 is 11.8 Å². The summed E-state index contributed by atoms with van der Waals surface area (Å²) in [4.78, 5) is 23.5. The molecule has 0 aromatic heterocycles. The normalized spacial score (nSPS) is 11.9. The number of carboxylic acids is 1. The first-order chi connectivity index (χ1) is 10.1. The van der Waals surface area contributed by atoms with Crippen molar-refractivity contribution < 1.29 is 14.7 Å². The molecule has 1 amide bonds. The van der Waals surface area contributed by atoms with Crippen LogP contribution in [0.2, 0.25) is 0 Å². The molecule has 3 N–H and O–H groups in total. The third-order valence-corrected chi connectivity index (χ3v) is 3.76. The maximum Gasteiger partial charge on any atom is 0.326 e. The van der Waals surface area contributed by atoms with Gasteiger partial charge in [0, 0.05) is 5.56 Å². The Hall–Kier alpha value is -1.53. The maximum absolute atomic E-state index is 12.3. The second kappa shape index (κ2) is 9.41. The molecule has 5 nitrogen and oxygen atoms in total. The molecule has 1 aromatic rings. The number of hydrogen-bond acceptors (Lipinski definition) is 4. The van der Waals surface area contributed by atoms with E-state index in [-0.39, 0.29) is 5.91 Å². The van der Waals surface area contributed by atoms with Crippen LogP contribution in [0.5, 0.6) is 0 Å². The van der Waals surface area contributed by atoms with Gasteiger partial charge < -0.3 is 15.7 Å². The highest BCUT2D eigenvalue weighted by Gasteiger charge is 2.21. The predicted molar refractivity (Wildman–Crippen MR) is 86.0 cm³/mol. The van der Waals surface area contributed by atoms with Gasteiger partial charge in [0.2, 0.25) is 0 Å². The minimum absolute atomic E-state index is 0.324. The Morgan fingerprint density at radius 3 is 2.67 bits per heavy atom. The number of hydrogen-bond donors (Lipinski definition) is 3. The number of carbonyl (C=O) groups is 2. The van der Waals surface area contributed by atoms with E-state index in [9.17, 15) is 14.7 Å². The summed E-state index contributed by atoms with van der Waals surface area (Å²) in [6.45, 7) is 0.763. The first-order valence-corrected chi connectivity index (χ1v) is 8.24. The molecule has 0 aliphatic heterocycles. The molecular weight excluding hydrogens is 288 g/mol. The Bertz CT molecular complexity index is 480. The van der Waals surface area contributed by atoms with E-state index >= 15 is 0 Å². The minimum Gasteiger partial charge on any atom is -0.480 e. The van der Waals surface area contributed by atoms with E-state index in [2.05, 4.69) is 10.6 Å². The van der Waals surface area contributed by atoms with Crippen LogP contribution in [-0.2, 0) is 11.2 Å². The van der Waals surface area contributed by atoms with Crippen molar-refractivity contribution in [2.45, 2.75) is 18.9 Å². The van der Waals surface area contributed by atoms with Crippen molar-refractivity contribution in [1.29, 1.82) is 0 Å². The van der Waals surface area contributed by atoms with Crippen LogP contribution < -0.4 is 10.6 Å². The van der Waals surface area contributed by atoms with Crippen LogP contribution in [0.4, 0.5) is 0 Å². The van der Waals surface area contributed by atoms with Crippen molar-refractivity contribution in [3.8, 4) is 0 Å². The highest BCUT2D eigenvalue weighted by Crippen LogP contribution is 2.10. The van der Waals surface area contributed by atoms with Gasteiger partial charge in [0.05, 0.1) is 0 Å². The van der Waals surface area contributed by atoms with Gasteiger partial charge >= 0.3 is 5.97 Å². The summed E-state index contributed by atoms with van der Waals surface area (Å²) in [7, 11) is 1.85. The Morgan fingerprint density at radius 1 is 1.33 bits per heavy atom. The van der Waals surface area contributed by atoms with Crippen molar-refractivity contribution in [3.05, 3.63) is 35.4 Å². The smallest absolute Gasteiger partial charge is 0.326 e. The molecule has 6 heteroatoms. The maximum atomic E-state index is 12.3. The Labute approximate surface area is 129 Å². The first kappa shape index (κ1) is 17.5. The lowest BCUT2D eigenvalue weighted by Crippen LogP contribution is -2.41. The molecule has 0 saturated heterocycles. The number of thioether (sulfide) groups is 1. The molecule has 0 aliphatic carbocycles. The summed E-state index contributed by atoms with van der Waals surface area (Å²) in [5.41, 5.74) is 1.46. The molecular formula is C15H22N2O3S. The summed E-state index contributed by atoms with van der Waals surface area (Å²) in [5.74, 6) is -0.626. The summed E-state index contributed by atoms with van der Waals surface area (Å²) in [5, 5.41) is 14.8. The SMILES string of the molecule is CNCCc1ccccc1C(=O)N[C@@H](CCSC)C(=O)O. The van der Waals surface area contributed by atoms with Gasteiger partial charge in [-0.05, 0) is 50.1 Å². The van der Waals surface area contributed by atoms with Gasteiger partial charge in [-0.25, -0.2) is 4.79 Å². The van der Waals surface area contributed by atoms with E-state index in [0.717, 1.165) is 18.5 Å². The highest BCUT2D eigenvalue weighted by atomic mass is 32.2. The number of benzene rings is 1. The van der Waals surface area contributed by atoms with E-state index in [1.54, 1.807) is 23.9 Å². The molecule has 0 saturated carbocycles. The predicted octanol–water partition coefficient (Wildman–Crippen LogP) is 1.38. The number of aliphatic carboxylic acids is 1. The monoisotopic (exact) mass is 310 g/mol. The second-order valence-electron chi connectivity index (χ2n) is 4.66. The van der Waals surface area contributed by atoms with Gasteiger partial charge in [-0.15, -0.1) is 0 Å². The minimum atomic E-state index is -0.995. The standard InChI is InChI=1S/C15H22N2O3S/c1-16-9-7-11-5-3-4-6-12(11)14(18)17-13(15(19)20)8-10-21-2/h3-6,13,16H,7-10H2,1-2H3,(H,17,18)(H,19,20)/t13-/m0/s1. The van der Waals surface area contributed by atoms with E-state index in [1.807, 2.05) is 25.4 Å². The zero-order valence-electron chi connectivity index (χ0n) is 12.4. The van der Waals surface area contributed by atoms with E-state index < -0.39 is 12.0 Å². The Balaban J connectivity index is 2.79. The van der Waals surface area contributed by atoms with Crippen molar-refractivity contribution >= 4 is 23.6 Å². The quantitative estimate of drug-likeness (QED) is 0.642. The topological polar surface area (TPSA) is 78.4 Å². The Kier molecular flexibility index (Phi) is 7.85. The number of rotatable bonds is 9. The molecule has 0 aliphatic rings. The molecule has 0 bridgehead atoms. The lowest BCUT2D eigenvalue weighted by atomic mass is 10.0. The zero-order valence-corrected chi connectivity index (χ0v) is 13.2. The molecule has 0 unspecified atom stereocenters. The summed E-state index contributed by atoms with van der Waals surface area (Å²) >= 11 is 1.56. The Morgan fingerprint density at radius 2 is 2.05 bits per heavy atom. The molecule has 1 atom stereocenters. The summed E-state index contributed by atoms with van der Waals surface area (Å²) in [6, 6.07) is 6.44. The number of nitrogens with one attached hydrogen (secondary N) is 2. The fourth-order valence-corrected chi connectivity index (χ4v) is 2.42. The van der Waals surface area contributed by atoms with Gasteiger partial charge in [0.1, 0.15) is 6.04 Å². The van der Waals surface area contributed by atoms with Crippen LogP contribution in [0.1, 0.15) is 22.3 Å². The van der Waals surface area contributed by atoms with Gasteiger partial charge in [0.25, 0.3) is 5.91 Å². The summed E-state index contributed by atoms with van der Waals surface area (Å²) in [6.07, 6.45) is 3.05. The molecule has 0 spiro atoms. The van der Waals surface area contributed by atoms with Gasteiger partial charge in [-0.2, -0.15) is 11.8 Å².